The maximum absolute atomic E-state index is 8.72. The lowest BCUT2D eigenvalue weighted by Gasteiger charge is -2.21. The number of aromatic nitrogens is 1. The van der Waals surface area contributed by atoms with Crippen molar-refractivity contribution in [1.82, 2.24) is 4.98 Å². The van der Waals surface area contributed by atoms with Crippen molar-refractivity contribution in [3.05, 3.63) is 30.0 Å². The van der Waals surface area contributed by atoms with Gasteiger partial charge in [-0.15, -0.1) is 0 Å². The van der Waals surface area contributed by atoms with Gasteiger partial charge in [-0.05, 0) is 30.7 Å². The fraction of sp³-hybridized carbons (Fsp3) is 0.400. The highest BCUT2D eigenvalue weighted by Crippen LogP contribution is 2.31. The highest BCUT2D eigenvalue weighted by Gasteiger charge is 2.22. The predicted molar refractivity (Wildman–Crippen MR) is 75.7 cm³/mol. The van der Waals surface area contributed by atoms with E-state index in [1.165, 1.54) is 11.1 Å². The van der Waals surface area contributed by atoms with Crippen LogP contribution in [0.1, 0.15) is 32.4 Å². The van der Waals surface area contributed by atoms with Gasteiger partial charge in [-0.3, -0.25) is 0 Å². The highest BCUT2D eigenvalue weighted by molar-refractivity contribution is 5.84. The molecule has 2 N–H and O–H groups in total. The molecule has 0 radical (unpaired) electrons. The minimum atomic E-state index is 0.00849. The van der Waals surface area contributed by atoms with E-state index < -0.39 is 0 Å². The fourth-order valence-corrected chi connectivity index (χ4v) is 2.16. The molecule has 3 heteroatoms. The Hall–Kier alpha value is -1.95. The van der Waals surface area contributed by atoms with Crippen LogP contribution in [-0.2, 0) is 5.41 Å². The van der Waals surface area contributed by atoms with Gasteiger partial charge in [0.1, 0.15) is 0 Å². The molecule has 1 heterocycles. The van der Waals surface area contributed by atoms with Gasteiger partial charge in [0.15, 0.2) is 0 Å². The Morgan fingerprint density at radius 1 is 1.33 bits per heavy atom. The molecule has 0 unspecified atom stereocenters. The van der Waals surface area contributed by atoms with Crippen LogP contribution in [0.4, 0.5) is 5.69 Å². The van der Waals surface area contributed by atoms with E-state index >= 15 is 0 Å². The second kappa shape index (κ2) is 4.73. The van der Waals surface area contributed by atoms with Crippen LogP contribution in [-0.4, -0.2) is 12.0 Å². The zero-order valence-corrected chi connectivity index (χ0v) is 11.2. The van der Waals surface area contributed by atoms with Crippen LogP contribution in [0.15, 0.2) is 24.3 Å². The van der Waals surface area contributed by atoms with Crippen molar-refractivity contribution in [1.29, 1.82) is 5.26 Å². The number of H-pyrrole nitrogens is 1. The Kier molecular flexibility index (Phi) is 3.29. The van der Waals surface area contributed by atoms with Crippen molar-refractivity contribution in [2.45, 2.75) is 32.1 Å². The van der Waals surface area contributed by atoms with Gasteiger partial charge in [-0.1, -0.05) is 13.8 Å². The number of nitrogens with zero attached hydrogens (tertiary/aromatic N) is 1. The van der Waals surface area contributed by atoms with Crippen LogP contribution in [0.2, 0.25) is 0 Å². The molecule has 1 aromatic heterocycles. The normalized spacial score (nSPS) is 11.4. The van der Waals surface area contributed by atoms with Crippen LogP contribution in [0, 0.1) is 11.3 Å². The number of hydrogen-bond donors (Lipinski definition) is 2. The summed E-state index contributed by atoms with van der Waals surface area (Å²) < 4.78 is 0. The molecule has 0 bridgehead atoms. The molecule has 2 rings (SSSR count). The SMILES string of the molecule is CNc1ccc2[nH]c(C(C)(C)CCC#N)cc2c1. The molecule has 0 atom stereocenters. The first-order chi connectivity index (χ1) is 8.56. The van der Waals surface area contributed by atoms with E-state index in [2.05, 4.69) is 54.5 Å². The summed E-state index contributed by atoms with van der Waals surface area (Å²) in [5.74, 6) is 0. The van der Waals surface area contributed by atoms with Crippen molar-refractivity contribution in [3.63, 3.8) is 0 Å². The number of fused-ring (bicyclic) bond motifs is 1. The summed E-state index contributed by atoms with van der Waals surface area (Å²) >= 11 is 0. The third kappa shape index (κ3) is 2.33. The van der Waals surface area contributed by atoms with Crippen molar-refractivity contribution in [2.24, 2.45) is 0 Å². The Morgan fingerprint density at radius 2 is 2.11 bits per heavy atom. The molecular formula is C15H19N3. The molecule has 0 aliphatic heterocycles. The van der Waals surface area contributed by atoms with Crippen LogP contribution in [0.25, 0.3) is 10.9 Å². The minimum Gasteiger partial charge on any atom is -0.388 e. The summed E-state index contributed by atoms with van der Waals surface area (Å²) in [6.07, 6.45) is 1.46. The zero-order valence-electron chi connectivity index (χ0n) is 11.2. The summed E-state index contributed by atoms with van der Waals surface area (Å²) in [4.78, 5) is 3.46. The van der Waals surface area contributed by atoms with E-state index in [-0.39, 0.29) is 5.41 Å². The molecule has 0 saturated heterocycles. The van der Waals surface area contributed by atoms with E-state index in [1.807, 2.05) is 7.05 Å². The summed E-state index contributed by atoms with van der Waals surface area (Å²) in [5, 5.41) is 13.1. The van der Waals surface area contributed by atoms with Crippen molar-refractivity contribution in [2.75, 3.05) is 12.4 Å². The first kappa shape index (κ1) is 12.5. The minimum absolute atomic E-state index is 0.00849. The quantitative estimate of drug-likeness (QED) is 0.855. The van der Waals surface area contributed by atoms with Gasteiger partial charge in [0.05, 0.1) is 6.07 Å². The molecule has 0 aliphatic rings. The monoisotopic (exact) mass is 241 g/mol. The van der Waals surface area contributed by atoms with Crippen molar-refractivity contribution in [3.8, 4) is 6.07 Å². The van der Waals surface area contributed by atoms with Crippen LogP contribution < -0.4 is 5.32 Å². The molecule has 2 aromatic rings. The summed E-state index contributed by atoms with van der Waals surface area (Å²) in [7, 11) is 1.92. The molecule has 0 spiro atoms. The van der Waals surface area contributed by atoms with Gasteiger partial charge >= 0.3 is 0 Å². The van der Waals surface area contributed by atoms with Gasteiger partial charge in [-0.25, -0.2) is 0 Å². The third-order valence-electron chi connectivity index (χ3n) is 3.50. The highest BCUT2D eigenvalue weighted by atomic mass is 14.8. The van der Waals surface area contributed by atoms with Crippen LogP contribution >= 0.6 is 0 Å². The Labute approximate surface area is 108 Å². The predicted octanol–water partition coefficient (Wildman–Crippen LogP) is 3.79. The number of rotatable bonds is 4. The molecule has 0 saturated carbocycles. The maximum Gasteiger partial charge on any atom is 0.0622 e. The summed E-state index contributed by atoms with van der Waals surface area (Å²) in [6.45, 7) is 4.35. The van der Waals surface area contributed by atoms with E-state index in [0.29, 0.717) is 6.42 Å². The Morgan fingerprint density at radius 3 is 2.78 bits per heavy atom. The Balaban J connectivity index is 2.38. The number of nitriles is 1. The standard InChI is InChI=1S/C15H19N3/c1-15(2,7-4-8-16)14-10-11-9-12(17-3)5-6-13(11)18-14/h5-6,9-10,17-18H,4,7H2,1-3H3. The van der Waals surface area contributed by atoms with E-state index in [0.717, 1.165) is 17.6 Å². The average molecular weight is 241 g/mol. The van der Waals surface area contributed by atoms with E-state index in [1.54, 1.807) is 0 Å². The number of anilines is 1. The smallest absolute Gasteiger partial charge is 0.0622 e. The lowest BCUT2D eigenvalue weighted by molar-refractivity contribution is 0.476. The zero-order chi connectivity index (χ0) is 13.2. The summed E-state index contributed by atoms with van der Waals surface area (Å²) in [5.41, 5.74) is 3.46. The lowest BCUT2D eigenvalue weighted by Crippen LogP contribution is -2.17. The first-order valence-corrected chi connectivity index (χ1v) is 6.25. The molecule has 94 valence electrons. The molecule has 0 amide bonds. The number of aromatic amines is 1. The average Bonchev–Trinajstić information content (AvgIpc) is 2.79. The molecule has 1 aromatic carbocycles. The number of benzene rings is 1. The van der Waals surface area contributed by atoms with Gasteiger partial charge in [0.25, 0.3) is 0 Å². The lowest BCUT2D eigenvalue weighted by atomic mass is 9.84. The van der Waals surface area contributed by atoms with Gasteiger partial charge < -0.3 is 10.3 Å². The largest absolute Gasteiger partial charge is 0.388 e. The molecule has 3 nitrogen and oxygen atoms in total. The second-order valence-electron chi connectivity index (χ2n) is 5.28. The number of hydrogen-bond acceptors (Lipinski definition) is 2. The third-order valence-corrected chi connectivity index (χ3v) is 3.50. The molecule has 18 heavy (non-hydrogen) atoms. The number of nitrogens with one attached hydrogen (secondary N) is 2. The van der Waals surface area contributed by atoms with E-state index in [4.69, 9.17) is 5.26 Å². The topological polar surface area (TPSA) is 51.6 Å². The summed E-state index contributed by atoms with van der Waals surface area (Å²) in [6, 6.07) is 10.7. The van der Waals surface area contributed by atoms with Crippen molar-refractivity contribution < 1.29 is 0 Å². The molecular weight excluding hydrogens is 222 g/mol. The van der Waals surface area contributed by atoms with E-state index in [9.17, 15) is 0 Å². The van der Waals surface area contributed by atoms with Gasteiger partial charge in [0, 0.05) is 41.2 Å². The Bertz CT molecular complexity index is 587. The van der Waals surface area contributed by atoms with Crippen LogP contribution in [0.3, 0.4) is 0 Å². The van der Waals surface area contributed by atoms with Gasteiger partial charge in [0.2, 0.25) is 0 Å². The fourth-order valence-electron chi connectivity index (χ4n) is 2.16. The van der Waals surface area contributed by atoms with Crippen molar-refractivity contribution >= 4 is 16.6 Å². The second-order valence-corrected chi connectivity index (χ2v) is 5.28. The molecule has 0 aliphatic carbocycles. The maximum atomic E-state index is 8.72. The first-order valence-electron chi connectivity index (χ1n) is 6.25. The van der Waals surface area contributed by atoms with Gasteiger partial charge in [-0.2, -0.15) is 5.26 Å². The van der Waals surface area contributed by atoms with Crippen LogP contribution in [0.5, 0.6) is 0 Å². The molecule has 0 fully saturated rings.